The van der Waals surface area contributed by atoms with E-state index in [4.69, 9.17) is 5.11 Å². The molecule has 0 unspecified atom stereocenters. The molecular weight excluding hydrogens is 256 g/mol. The Kier molecular flexibility index (Phi) is 7.03. The number of hydrazone groups is 1. The number of nitrogens with zero attached hydrogens (tertiary/aromatic N) is 1. The Balaban J connectivity index is 2.45. The first-order valence-electron chi connectivity index (χ1n) is 6.79. The summed E-state index contributed by atoms with van der Waals surface area (Å²) in [6, 6.07) is 6.50. The molecule has 1 aromatic rings. The van der Waals surface area contributed by atoms with Gasteiger partial charge in [-0.3, -0.25) is 4.79 Å². The van der Waals surface area contributed by atoms with Crippen molar-refractivity contribution < 1.29 is 14.7 Å². The molecule has 108 valence electrons. The van der Waals surface area contributed by atoms with Crippen LogP contribution < -0.4 is 5.43 Å². The number of carbonyl (C=O) groups is 2. The van der Waals surface area contributed by atoms with E-state index in [9.17, 15) is 9.59 Å². The minimum absolute atomic E-state index is 0.148. The van der Waals surface area contributed by atoms with Crippen molar-refractivity contribution in [2.75, 3.05) is 0 Å². The van der Waals surface area contributed by atoms with E-state index in [0.29, 0.717) is 12.0 Å². The van der Waals surface area contributed by atoms with Crippen LogP contribution in [0.2, 0.25) is 0 Å². The topological polar surface area (TPSA) is 78.8 Å². The number of rotatable bonds is 8. The molecule has 0 saturated carbocycles. The summed E-state index contributed by atoms with van der Waals surface area (Å²) in [5.41, 5.74) is 3.04. The molecule has 5 nitrogen and oxygen atoms in total. The number of aromatic carboxylic acids is 1. The third-order valence-electron chi connectivity index (χ3n) is 2.84. The summed E-state index contributed by atoms with van der Waals surface area (Å²) in [5.74, 6) is -1.16. The van der Waals surface area contributed by atoms with Crippen LogP contribution >= 0.6 is 0 Å². The van der Waals surface area contributed by atoms with Crippen LogP contribution in [0.1, 0.15) is 54.9 Å². The van der Waals surface area contributed by atoms with E-state index >= 15 is 0 Å². The van der Waals surface area contributed by atoms with E-state index in [-0.39, 0.29) is 11.5 Å². The Hall–Kier alpha value is -2.17. The van der Waals surface area contributed by atoms with E-state index < -0.39 is 5.97 Å². The van der Waals surface area contributed by atoms with Gasteiger partial charge in [0.25, 0.3) is 0 Å². The van der Waals surface area contributed by atoms with Gasteiger partial charge in [-0.05, 0) is 12.5 Å². The minimum atomic E-state index is -1.02. The van der Waals surface area contributed by atoms with Crippen LogP contribution in [0.4, 0.5) is 0 Å². The molecule has 0 spiro atoms. The van der Waals surface area contributed by atoms with Crippen LogP contribution in [0.3, 0.4) is 0 Å². The Bertz CT molecular complexity index is 484. The average molecular weight is 276 g/mol. The molecule has 1 aromatic carbocycles. The summed E-state index contributed by atoms with van der Waals surface area (Å²) in [4.78, 5) is 22.4. The van der Waals surface area contributed by atoms with Crippen molar-refractivity contribution >= 4 is 18.1 Å². The van der Waals surface area contributed by atoms with E-state index in [0.717, 1.165) is 25.7 Å². The summed E-state index contributed by atoms with van der Waals surface area (Å²) in [7, 11) is 0. The van der Waals surface area contributed by atoms with Crippen LogP contribution in [-0.2, 0) is 4.79 Å². The molecular formula is C15H20N2O3. The van der Waals surface area contributed by atoms with Crippen LogP contribution in [0, 0.1) is 0 Å². The molecule has 0 heterocycles. The first kappa shape index (κ1) is 15.9. The second-order valence-corrected chi connectivity index (χ2v) is 4.50. The number of amides is 1. The van der Waals surface area contributed by atoms with Gasteiger partial charge in [0.05, 0.1) is 11.8 Å². The fourth-order valence-electron chi connectivity index (χ4n) is 1.75. The van der Waals surface area contributed by atoms with Crippen LogP contribution in [0.5, 0.6) is 0 Å². The van der Waals surface area contributed by atoms with Crippen molar-refractivity contribution in [3.8, 4) is 0 Å². The van der Waals surface area contributed by atoms with Crippen molar-refractivity contribution in [1.29, 1.82) is 0 Å². The Labute approximate surface area is 118 Å². The molecule has 0 aliphatic heterocycles. The van der Waals surface area contributed by atoms with Gasteiger partial charge in [-0.2, -0.15) is 5.10 Å². The number of hydrogen-bond donors (Lipinski definition) is 2. The number of carbonyl (C=O) groups excluding carboxylic acids is 1. The van der Waals surface area contributed by atoms with Crippen molar-refractivity contribution in [3.63, 3.8) is 0 Å². The highest BCUT2D eigenvalue weighted by atomic mass is 16.4. The molecule has 5 heteroatoms. The molecule has 0 radical (unpaired) electrons. The van der Waals surface area contributed by atoms with Gasteiger partial charge in [0.15, 0.2) is 0 Å². The predicted octanol–water partition coefficient (Wildman–Crippen LogP) is 2.81. The number of nitrogens with one attached hydrogen (secondary N) is 1. The lowest BCUT2D eigenvalue weighted by Gasteiger charge is -2.01. The first-order valence-corrected chi connectivity index (χ1v) is 6.79. The average Bonchev–Trinajstić information content (AvgIpc) is 2.44. The maximum Gasteiger partial charge on any atom is 0.336 e. The van der Waals surface area contributed by atoms with Gasteiger partial charge < -0.3 is 5.11 Å². The van der Waals surface area contributed by atoms with E-state index in [2.05, 4.69) is 17.5 Å². The molecule has 0 atom stereocenters. The molecule has 0 fully saturated rings. The highest BCUT2D eigenvalue weighted by Gasteiger charge is 2.06. The van der Waals surface area contributed by atoms with Crippen LogP contribution in [-0.4, -0.2) is 23.2 Å². The second-order valence-electron chi connectivity index (χ2n) is 4.50. The Morgan fingerprint density at radius 3 is 2.70 bits per heavy atom. The fraction of sp³-hybridized carbons (Fsp3) is 0.400. The van der Waals surface area contributed by atoms with Crippen LogP contribution in [0.15, 0.2) is 29.4 Å². The Morgan fingerprint density at radius 2 is 2.00 bits per heavy atom. The number of unbranched alkanes of at least 4 members (excludes halogenated alkanes) is 3. The summed E-state index contributed by atoms with van der Waals surface area (Å²) in [6.45, 7) is 2.12. The van der Waals surface area contributed by atoms with E-state index in [1.165, 1.54) is 12.3 Å². The first-order chi connectivity index (χ1) is 9.65. The summed E-state index contributed by atoms with van der Waals surface area (Å²) in [5, 5.41) is 12.8. The van der Waals surface area contributed by atoms with Gasteiger partial charge in [0.1, 0.15) is 0 Å². The third-order valence-corrected chi connectivity index (χ3v) is 2.84. The molecule has 0 aliphatic rings. The third kappa shape index (κ3) is 5.65. The molecule has 0 aliphatic carbocycles. The minimum Gasteiger partial charge on any atom is -0.478 e. The molecule has 1 amide bonds. The van der Waals surface area contributed by atoms with Crippen LogP contribution in [0.25, 0.3) is 0 Å². The zero-order valence-electron chi connectivity index (χ0n) is 11.6. The van der Waals surface area contributed by atoms with Gasteiger partial charge in [-0.25, -0.2) is 10.2 Å². The maximum absolute atomic E-state index is 11.5. The van der Waals surface area contributed by atoms with E-state index in [1.54, 1.807) is 18.2 Å². The SMILES string of the molecule is CCCCCCC(=O)N/N=C/c1ccccc1C(=O)O. The van der Waals surface area contributed by atoms with Gasteiger partial charge >= 0.3 is 5.97 Å². The number of benzene rings is 1. The van der Waals surface area contributed by atoms with Crippen molar-refractivity contribution in [2.24, 2.45) is 5.10 Å². The van der Waals surface area contributed by atoms with Crippen molar-refractivity contribution in [1.82, 2.24) is 5.43 Å². The molecule has 2 N–H and O–H groups in total. The number of carboxylic acid groups (broad SMARTS) is 1. The zero-order chi connectivity index (χ0) is 14.8. The molecule has 0 aromatic heterocycles. The summed E-state index contributed by atoms with van der Waals surface area (Å²) >= 11 is 0. The van der Waals surface area contributed by atoms with Gasteiger partial charge in [0.2, 0.25) is 5.91 Å². The molecule has 0 bridgehead atoms. The fourth-order valence-corrected chi connectivity index (χ4v) is 1.75. The molecule has 1 rings (SSSR count). The lowest BCUT2D eigenvalue weighted by molar-refractivity contribution is -0.121. The van der Waals surface area contributed by atoms with E-state index in [1.807, 2.05) is 0 Å². The standard InChI is InChI=1S/C15H20N2O3/c1-2-3-4-5-10-14(18)17-16-11-12-8-6-7-9-13(12)15(19)20/h6-9,11H,2-5,10H2,1H3,(H,17,18)(H,19,20)/b16-11+. The molecule has 20 heavy (non-hydrogen) atoms. The lowest BCUT2D eigenvalue weighted by atomic mass is 10.1. The lowest BCUT2D eigenvalue weighted by Crippen LogP contribution is -2.17. The highest BCUT2D eigenvalue weighted by molar-refractivity contribution is 5.98. The van der Waals surface area contributed by atoms with Gasteiger partial charge in [-0.15, -0.1) is 0 Å². The maximum atomic E-state index is 11.5. The van der Waals surface area contributed by atoms with Crippen molar-refractivity contribution in [3.05, 3.63) is 35.4 Å². The number of carboxylic acids is 1. The highest BCUT2D eigenvalue weighted by Crippen LogP contribution is 2.06. The second kappa shape index (κ2) is 8.85. The quantitative estimate of drug-likeness (QED) is 0.435. The predicted molar refractivity (Wildman–Crippen MR) is 77.9 cm³/mol. The largest absolute Gasteiger partial charge is 0.478 e. The summed E-state index contributed by atoms with van der Waals surface area (Å²) < 4.78 is 0. The Morgan fingerprint density at radius 1 is 1.25 bits per heavy atom. The molecule has 0 saturated heterocycles. The zero-order valence-corrected chi connectivity index (χ0v) is 11.6. The van der Waals surface area contributed by atoms with Gasteiger partial charge in [-0.1, -0.05) is 44.4 Å². The normalized spacial score (nSPS) is 10.7. The number of hydrogen-bond acceptors (Lipinski definition) is 3. The summed E-state index contributed by atoms with van der Waals surface area (Å²) in [6.07, 6.45) is 5.94. The van der Waals surface area contributed by atoms with Gasteiger partial charge in [0, 0.05) is 12.0 Å². The van der Waals surface area contributed by atoms with Crippen molar-refractivity contribution in [2.45, 2.75) is 39.0 Å². The monoisotopic (exact) mass is 276 g/mol. The smallest absolute Gasteiger partial charge is 0.336 e.